The average molecular weight is 340 g/mol. The van der Waals surface area contributed by atoms with Crippen LogP contribution in [0.25, 0.3) is 11.4 Å². The van der Waals surface area contributed by atoms with E-state index in [1.54, 1.807) is 18.7 Å². The maximum absolute atomic E-state index is 11.4. The van der Waals surface area contributed by atoms with Gasteiger partial charge in [0.2, 0.25) is 5.95 Å². The Labute approximate surface area is 143 Å². The standard InChI is InChI=1S/C16H16N6O3/c17-15-18-5-10(6-19-15)14-20-12-8-22(16(23)24)7-11(12)13(21-14)9-1-3-25-4-2-9/h1,3,5-6,9H,2,4,7-8H2,(H,23,24)(H2,17,18,19). The Balaban J connectivity index is 1.81. The summed E-state index contributed by atoms with van der Waals surface area (Å²) in [7, 11) is 0. The second-order valence-corrected chi connectivity index (χ2v) is 5.92. The Hall–Kier alpha value is -3.23. The van der Waals surface area contributed by atoms with E-state index in [-0.39, 0.29) is 18.4 Å². The molecule has 2 aliphatic heterocycles. The van der Waals surface area contributed by atoms with E-state index in [2.05, 4.69) is 15.0 Å². The van der Waals surface area contributed by atoms with Gasteiger partial charge < -0.3 is 15.6 Å². The van der Waals surface area contributed by atoms with Gasteiger partial charge in [0.05, 0.1) is 42.9 Å². The average Bonchev–Trinajstić information content (AvgIpc) is 3.07. The lowest BCUT2D eigenvalue weighted by Gasteiger charge is -2.19. The zero-order valence-electron chi connectivity index (χ0n) is 13.3. The lowest BCUT2D eigenvalue weighted by molar-refractivity contribution is 0.144. The fourth-order valence-electron chi connectivity index (χ4n) is 3.04. The van der Waals surface area contributed by atoms with E-state index in [0.717, 1.165) is 23.4 Å². The number of hydrogen-bond donors (Lipinski definition) is 2. The highest BCUT2D eigenvalue weighted by atomic mass is 16.5. The smallest absolute Gasteiger partial charge is 0.407 e. The Morgan fingerprint density at radius 3 is 2.76 bits per heavy atom. The molecule has 25 heavy (non-hydrogen) atoms. The molecule has 0 saturated heterocycles. The topological polar surface area (TPSA) is 127 Å². The molecular formula is C16H16N6O3. The second-order valence-electron chi connectivity index (χ2n) is 5.92. The molecule has 4 rings (SSSR count). The fraction of sp³-hybridized carbons (Fsp3) is 0.312. The van der Waals surface area contributed by atoms with Gasteiger partial charge in [-0.1, -0.05) is 0 Å². The number of hydrogen-bond acceptors (Lipinski definition) is 7. The predicted molar refractivity (Wildman–Crippen MR) is 87.2 cm³/mol. The number of carbonyl (C=O) groups is 1. The summed E-state index contributed by atoms with van der Waals surface area (Å²) in [6.07, 6.45) is 6.56. The number of nitrogen functional groups attached to an aromatic ring is 1. The van der Waals surface area contributed by atoms with E-state index < -0.39 is 6.09 Å². The first-order valence-corrected chi connectivity index (χ1v) is 7.85. The highest BCUT2D eigenvalue weighted by Crippen LogP contribution is 2.33. The van der Waals surface area contributed by atoms with Gasteiger partial charge in [-0.2, -0.15) is 0 Å². The van der Waals surface area contributed by atoms with Crippen LogP contribution in [-0.4, -0.2) is 42.6 Å². The van der Waals surface area contributed by atoms with E-state index in [1.165, 1.54) is 4.90 Å². The summed E-state index contributed by atoms with van der Waals surface area (Å²) >= 11 is 0. The van der Waals surface area contributed by atoms with Crippen LogP contribution in [-0.2, 0) is 17.8 Å². The number of ether oxygens (including phenoxy) is 1. The Kier molecular flexibility index (Phi) is 3.68. The fourth-order valence-corrected chi connectivity index (χ4v) is 3.04. The number of fused-ring (bicyclic) bond motifs is 1. The van der Waals surface area contributed by atoms with Gasteiger partial charge in [-0.25, -0.2) is 24.7 Å². The number of aromatic nitrogens is 4. The van der Waals surface area contributed by atoms with Crippen molar-refractivity contribution in [2.75, 3.05) is 12.3 Å². The summed E-state index contributed by atoms with van der Waals surface area (Å²) in [6, 6.07) is 0. The van der Waals surface area contributed by atoms with E-state index in [4.69, 9.17) is 15.5 Å². The minimum absolute atomic E-state index is 0.0627. The van der Waals surface area contributed by atoms with Gasteiger partial charge >= 0.3 is 6.09 Å². The third-order valence-corrected chi connectivity index (χ3v) is 4.32. The van der Waals surface area contributed by atoms with Gasteiger partial charge in [0, 0.05) is 23.9 Å². The first-order chi connectivity index (χ1) is 12.1. The second kappa shape index (κ2) is 6.00. The number of nitrogens with zero attached hydrogens (tertiary/aromatic N) is 5. The molecule has 128 valence electrons. The van der Waals surface area contributed by atoms with Gasteiger partial charge in [-0.3, -0.25) is 4.90 Å². The molecule has 0 spiro atoms. The van der Waals surface area contributed by atoms with Crippen LogP contribution in [0.4, 0.5) is 10.7 Å². The van der Waals surface area contributed by atoms with Crippen molar-refractivity contribution >= 4 is 12.0 Å². The van der Waals surface area contributed by atoms with Crippen molar-refractivity contribution in [3.63, 3.8) is 0 Å². The van der Waals surface area contributed by atoms with Crippen LogP contribution in [0.1, 0.15) is 29.3 Å². The molecule has 4 heterocycles. The molecule has 1 amide bonds. The number of carboxylic acid groups (broad SMARTS) is 1. The lowest BCUT2D eigenvalue weighted by atomic mass is 9.95. The summed E-state index contributed by atoms with van der Waals surface area (Å²) in [5.41, 5.74) is 8.61. The lowest BCUT2D eigenvalue weighted by Crippen LogP contribution is -2.23. The SMILES string of the molecule is Nc1ncc(-c2nc3c(c(C4C=COCC4)n2)CN(C(=O)O)C3)cn1. The first-order valence-electron chi connectivity index (χ1n) is 7.85. The molecule has 1 unspecified atom stereocenters. The van der Waals surface area contributed by atoms with Crippen LogP contribution in [0.15, 0.2) is 24.7 Å². The van der Waals surface area contributed by atoms with Crippen LogP contribution in [0.5, 0.6) is 0 Å². The number of anilines is 1. The van der Waals surface area contributed by atoms with Gasteiger partial charge in [-0.05, 0) is 12.5 Å². The zero-order valence-corrected chi connectivity index (χ0v) is 13.3. The molecule has 1 atom stereocenters. The minimum Gasteiger partial charge on any atom is -0.501 e. The molecule has 0 aliphatic carbocycles. The molecule has 2 aromatic heterocycles. The van der Waals surface area contributed by atoms with Crippen LogP contribution < -0.4 is 5.73 Å². The van der Waals surface area contributed by atoms with Crippen molar-refractivity contribution in [2.45, 2.75) is 25.4 Å². The van der Waals surface area contributed by atoms with Crippen molar-refractivity contribution < 1.29 is 14.6 Å². The largest absolute Gasteiger partial charge is 0.501 e. The maximum Gasteiger partial charge on any atom is 0.407 e. The molecule has 2 aliphatic rings. The van der Waals surface area contributed by atoms with E-state index in [0.29, 0.717) is 24.5 Å². The summed E-state index contributed by atoms with van der Waals surface area (Å²) in [5, 5.41) is 9.31. The monoisotopic (exact) mass is 340 g/mol. The normalized spacial score (nSPS) is 18.7. The van der Waals surface area contributed by atoms with Crippen molar-refractivity contribution in [3.05, 3.63) is 41.7 Å². The maximum atomic E-state index is 11.4. The number of rotatable bonds is 2. The molecule has 0 radical (unpaired) electrons. The highest BCUT2D eigenvalue weighted by Gasteiger charge is 2.31. The molecule has 3 N–H and O–H groups in total. The third kappa shape index (κ3) is 2.84. The molecular weight excluding hydrogens is 324 g/mol. The summed E-state index contributed by atoms with van der Waals surface area (Å²) < 4.78 is 5.27. The highest BCUT2D eigenvalue weighted by molar-refractivity contribution is 5.66. The quantitative estimate of drug-likeness (QED) is 0.842. The van der Waals surface area contributed by atoms with E-state index in [1.807, 2.05) is 6.08 Å². The molecule has 2 aromatic rings. The molecule has 9 heteroatoms. The van der Waals surface area contributed by atoms with Crippen molar-refractivity contribution in [1.82, 2.24) is 24.8 Å². The zero-order chi connectivity index (χ0) is 17.4. The summed E-state index contributed by atoms with van der Waals surface area (Å²) in [4.78, 5) is 29.9. The number of nitrogens with two attached hydrogens (primary N) is 1. The number of allylic oxidation sites excluding steroid dienone is 1. The van der Waals surface area contributed by atoms with Crippen LogP contribution in [0.3, 0.4) is 0 Å². The van der Waals surface area contributed by atoms with Crippen molar-refractivity contribution in [2.24, 2.45) is 0 Å². The molecule has 0 saturated carbocycles. The summed E-state index contributed by atoms with van der Waals surface area (Å²) in [5.74, 6) is 0.711. The van der Waals surface area contributed by atoms with Crippen molar-refractivity contribution in [1.29, 1.82) is 0 Å². The van der Waals surface area contributed by atoms with Gasteiger partial charge in [0.25, 0.3) is 0 Å². The van der Waals surface area contributed by atoms with Crippen LogP contribution in [0.2, 0.25) is 0 Å². The molecule has 0 bridgehead atoms. The molecule has 0 aromatic carbocycles. The predicted octanol–water partition coefficient (Wildman–Crippen LogP) is 1.53. The van der Waals surface area contributed by atoms with Crippen LogP contribution >= 0.6 is 0 Å². The Bertz CT molecular complexity index is 852. The third-order valence-electron chi connectivity index (χ3n) is 4.32. The van der Waals surface area contributed by atoms with E-state index in [9.17, 15) is 9.90 Å². The van der Waals surface area contributed by atoms with Crippen LogP contribution in [0, 0.1) is 0 Å². The van der Waals surface area contributed by atoms with Crippen molar-refractivity contribution in [3.8, 4) is 11.4 Å². The van der Waals surface area contributed by atoms with Gasteiger partial charge in [0.1, 0.15) is 0 Å². The molecule has 9 nitrogen and oxygen atoms in total. The first kappa shape index (κ1) is 15.3. The van der Waals surface area contributed by atoms with Gasteiger partial charge in [0.15, 0.2) is 5.82 Å². The number of amides is 1. The Morgan fingerprint density at radius 2 is 2.08 bits per heavy atom. The van der Waals surface area contributed by atoms with Gasteiger partial charge in [-0.15, -0.1) is 0 Å². The molecule has 0 fully saturated rings. The summed E-state index contributed by atoms with van der Waals surface area (Å²) in [6.45, 7) is 1.14. The van der Waals surface area contributed by atoms with E-state index >= 15 is 0 Å². The Morgan fingerprint density at radius 1 is 1.28 bits per heavy atom. The minimum atomic E-state index is -0.969.